The van der Waals surface area contributed by atoms with Crippen molar-refractivity contribution in [3.8, 4) is 0 Å². The number of methoxy groups -OCH3 is 1. The third kappa shape index (κ3) is 3.51. The van der Waals surface area contributed by atoms with Gasteiger partial charge in [-0.15, -0.1) is 0 Å². The van der Waals surface area contributed by atoms with Crippen molar-refractivity contribution in [2.24, 2.45) is 11.7 Å². The van der Waals surface area contributed by atoms with Crippen LogP contribution in [-0.2, 0) is 4.74 Å². The topological polar surface area (TPSA) is 35.2 Å². The Hall–Kier alpha value is -0.500. The predicted octanol–water partition coefficient (Wildman–Crippen LogP) is 1.52. The van der Waals surface area contributed by atoms with E-state index in [1.54, 1.807) is 7.11 Å². The molecule has 0 aliphatic heterocycles. The summed E-state index contributed by atoms with van der Waals surface area (Å²) in [7, 11) is 1.70. The van der Waals surface area contributed by atoms with Gasteiger partial charge in [0.15, 0.2) is 0 Å². The Morgan fingerprint density at radius 1 is 1.50 bits per heavy atom. The smallest absolute Gasteiger partial charge is 0.0794 e. The van der Waals surface area contributed by atoms with Crippen LogP contribution in [0.15, 0.2) is 11.8 Å². The number of rotatable bonds is 3. The van der Waals surface area contributed by atoms with Gasteiger partial charge < -0.3 is 10.5 Å². The molecule has 0 aliphatic rings. The van der Waals surface area contributed by atoms with Gasteiger partial charge in [0.25, 0.3) is 0 Å². The van der Waals surface area contributed by atoms with E-state index in [4.69, 9.17) is 10.5 Å². The average Bonchev–Trinajstić information content (AvgIpc) is 1.81. The lowest BCUT2D eigenvalue weighted by atomic mass is 10.1. The van der Waals surface area contributed by atoms with Gasteiger partial charge in [-0.3, -0.25) is 0 Å². The van der Waals surface area contributed by atoms with Crippen LogP contribution in [0.2, 0.25) is 0 Å². The van der Waals surface area contributed by atoms with E-state index in [1.807, 2.05) is 13.0 Å². The lowest BCUT2D eigenvalue weighted by Gasteiger charge is -2.14. The van der Waals surface area contributed by atoms with Crippen molar-refractivity contribution in [3.63, 3.8) is 0 Å². The second kappa shape index (κ2) is 4.34. The molecule has 0 aromatic carbocycles. The van der Waals surface area contributed by atoms with Crippen molar-refractivity contribution >= 4 is 0 Å². The van der Waals surface area contributed by atoms with Crippen LogP contribution in [0.4, 0.5) is 0 Å². The molecule has 0 saturated heterocycles. The van der Waals surface area contributed by atoms with Crippen LogP contribution >= 0.6 is 0 Å². The molecule has 0 aromatic heterocycles. The molecule has 0 aliphatic carbocycles. The Morgan fingerprint density at radius 3 is 2.10 bits per heavy atom. The quantitative estimate of drug-likeness (QED) is 0.650. The molecule has 0 heterocycles. The van der Waals surface area contributed by atoms with E-state index in [2.05, 4.69) is 13.8 Å². The predicted molar refractivity (Wildman–Crippen MR) is 43.6 cm³/mol. The van der Waals surface area contributed by atoms with E-state index in [9.17, 15) is 0 Å². The zero-order valence-corrected chi connectivity index (χ0v) is 7.22. The summed E-state index contributed by atoms with van der Waals surface area (Å²) in [5.74, 6) is 0.489. The Kier molecular flexibility index (Phi) is 4.12. The molecular weight excluding hydrogens is 126 g/mol. The summed E-state index contributed by atoms with van der Waals surface area (Å²) in [5, 5.41) is 0. The monoisotopic (exact) mass is 143 g/mol. The Morgan fingerprint density at radius 2 is 2.00 bits per heavy atom. The lowest BCUT2D eigenvalue weighted by Crippen LogP contribution is -2.16. The second-order valence-corrected chi connectivity index (χ2v) is 2.86. The minimum absolute atomic E-state index is 0.157. The lowest BCUT2D eigenvalue weighted by molar-refractivity contribution is 0.103. The number of allylic oxidation sites excluding steroid dienone is 1. The average molecular weight is 143 g/mol. The summed E-state index contributed by atoms with van der Waals surface area (Å²) in [6.45, 7) is 6.08. The van der Waals surface area contributed by atoms with E-state index >= 15 is 0 Å². The highest BCUT2D eigenvalue weighted by molar-refractivity contribution is 4.98. The molecule has 2 N–H and O–H groups in total. The highest BCUT2D eigenvalue weighted by Gasteiger charge is 2.07. The summed E-state index contributed by atoms with van der Waals surface area (Å²) in [5.41, 5.74) is 6.31. The number of hydrogen-bond donors (Lipinski definition) is 1. The largest absolute Gasteiger partial charge is 0.402 e. The molecule has 0 aromatic rings. The van der Waals surface area contributed by atoms with Crippen LogP contribution in [-0.4, -0.2) is 13.2 Å². The minimum atomic E-state index is 0.157. The van der Waals surface area contributed by atoms with Gasteiger partial charge in [0.1, 0.15) is 0 Å². The molecule has 0 rings (SSSR count). The van der Waals surface area contributed by atoms with E-state index < -0.39 is 0 Å². The van der Waals surface area contributed by atoms with Gasteiger partial charge in [-0.1, -0.05) is 13.8 Å². The van der Waals surface area contributed by atoms with E-state index in [0.717, 1.165) is 5.70 Å². The number of nitrogens with two attached hydrogens (primary N) is 1. The molecule has 10 heavy (non-hydrogen) atoms. The molecule has 1 atom stereocenters. The highest BCUT2D eigenvalue weighted by atomic mass is 16.5. The first-order valence-electron chi connectivity index (χ1n) is 3.54. The zero-order chi connectivity index (χ0) is 8.15. The van der Waals surface area contributed by atoms with Crippen molar-refractivity contribution in [1.29, 1.82) is 0 Å². The fourth-order valence-corrected chi connectivity index (χ4v) is 0.792. The van der Waals surface area contributed by atoms with Crippen molar-refractivity contribution in [2.45, 2.75) is 26.9 Å². The molecule has 2 heteroatoms. The summed E-state index contributed by atoms with van der Waals surface area (Å²) in [6.07, 6.45) is 2.09. The maximum absolute atomic E-state index is 5.49. The molecule has 0 spiro atoms. The first kappa shape index (κ1) is 9.50. The number of ether oxygens (including phenoxy) is 1. The van der Waals surface area contributed by atoms with E-state index in [1.165, 1.54) is 0 Å². The fraction of sp³-hybridized carbons (Fsp3) is 0.750. The van der Waals surface area contributed by atoms with Crippen LogP contribution in [0.5, 0.6) is 0 Å². The summed E-state index contributed by atoms with van der Waals surface area (Å²) in [6, 6.07) is 0. The summed E-state index contributed by atoms with van der Waals surface area (Å²) < 4.78 is 5.17. The maximum Gasteiger partial charge on any atom is 0.0794 e. The van der Waals surface area contributed by atoms with Gasteiger partial charge in [0.2, 0.25) is 0 Å². The normalized spacial score (nSPS) is 15.9. The van der Waals surface area contributed by atoms with Crippen molar-refractivity contribution in [3.05, 3.63) is 11.8 Å². The number of hydrogen-bond acceptors (Lipinski definition) is 2. The molecule has 1 unspecified atom stereocenters. The Balaban J connectivity index is 3.96. The highest BCUT2D eigenvalue weighted by Crippen LogP contribution is 2.07. The molecule has 0 bridgehead atoms. The molecule has 0 saturated carbocycles. The van der Waals surface area contributed by atoms with Crippen LogP contribution in [0.25, 0.3) is 0 Å². The molecule has 0 radical (unpaired) electrons. The van der Waals surface area contributed by atoms with E-state index in [-0.39, 0.29) is 6.10 Å². The van der Waals surface area contributed by atoms with Crippen molar-refractivity contribution in [2.75, 3.05) is 7.11 Å². The Bertz CT molecular complexity index is 114. The van der Waals surface area contributed by atoms with Crippen LogP contribution < -0.4 is 5.73 Å². The van der Waals surface area contributed by atoms with Gasteiger partial charge in [-0.05, 0) is 18.9 Å². The zero-order valence-electron chi connectivity index (χ0n) is 7.22. The molecule has 2 nitrogen and oxygen atoms in total. The Labute approximate surface area is 63.1 Å². The molecule has 0 amide bonds. The second-order valence-electron chi connectivity index (χ2n) is 2.86. The van der Waals surface area contributed by atoms with Gasteiger partial charge in [0.05, 0.1) is 6.10 Å². The third-order valence-corrected chi connectivity index (χ3v) is 1.36. The van der Waals surface area contributed by atoms with Gasteiger partial charge in [0, 0.05) is 12.8 Å². The van der Waals surface area contributed by atoms with Crippen LogP contribution in [0.1, 0.15) is 20.8 Å². The van der Waals surface area contributed by atoms with Crippen molar-refractivity contribution < 1.29 is 4.74 Å². The van der Waals surface area contributed by atoms with E-state index in [0.29, 0.717) is 5.92 Å². The SMILES string of the molecule is COC(/C=C(\C)N)C(C)C. The molecular formula is C8H17NO. The molecule has 60 valence electrons. The standard InChI is InChI=1S/C8H17NO/c1-6(2)8(10-4)5-7(3)9/h5-6,8H,9H2,1-4H3/b7-5+. The van der Waals surface area contributed by atoms with Gasteiger partial charge in [-0.2, -0.15) is 0 Å². The van der Waals surface area contributed by atoms with Crippen molar-refractivity contribution in [1.82, 2.24) is 0 Å². The third-order valence-electron chi connectivity index (χ3n) is 1.36. The summed E-state index contributed by atoms with van der Waals surface area (Å²) >= 11 is 0. The van der Waals surface area contributed by atoms with Crippen LogP contribution in [0, 0.1) is 5.92 Å². The maximum atomic E-state index is 5.49. The fourth-order valence-electron chi connectivity index (χ4n) is 0.792. The molecule has 0 fully saturated rings. The minimum Gasteiger partial charge on any atom is -0.402 e. The first-order chi connectivity index (χ1) is 4.57. The summed E-state index contributed by atoms with van der Waals surface area (Å²) in [4.78, 5) is 0. The van der Waals surface area contributed by atoms with Gasteiger partial charge in [-0.25, -0.2) is 0 Å². The van der Waals surface area contributed by atoms with Gasteiger partial charge >= 0.3 is 0 Å². The first-order valence-corrected chi connectivity index (χ1v) is 3.54. The van der Waals surface area contributed by atoms with Crippen LogP contribution in [0.3, 0.4) is 0 Å².